The molecule has 1 aliphatic carbocycles. The Hall–Kier alpha value is -2.64. The third-order valence-electron chi connectivity index (χ3n) is 7.98. The third-order valence-corrected chi connectivity index (χ3v) is 8.75. The molecular formula is C29H32BrNO5. The summed E-state index contributed by atoms with van der Waals surface area (Å²) >= 11 is 3.53. The fourth-order valence-corrected chi connectivity index (χ4v) is 6.12. The molecule has 5 rings (SSSR count). The number of likely N-dealkylation sites (tertiary alicyclic amines) is 1. The highest BCUT2D eigenvalue weighted by molar-refractivity contribution is 9.10. The van der Waals surface area contributed by atoms with Crippen LogP contribution in [0, 0.1) is 12.8 Å². The topological polar surface area (TPSA) is 80.0 Å². The zero-order valence-corrected chi connectivity index (χ0v) is 22.2. The molecule has 36 heavy (non-hydrogen) atoms. The van der Waals surface area contributed by atoms with Gasteiger partial charge < -0.3 is 19.2 Å². The van der Waals surface area contributed by atoms with Gasteiger partial charge in [0.2, 0.25) is 5.91 Å². The fraction of sp³-hybridized carbons (Fsp3) is 0.448. The minimum atomic E-state index is -0.606. The minimum Gasteiger partial charge on any atom is -0.489 e. The normalized spacial score (nSPS) is 21.9. The second kappa shape index (κ2) is 10.4. The highest BCUT2D eigenvalue weighted by Crippen LogP contribution is 2.40. The lowest BCUT2D eigenvalue weighted by Crippen LogP contribution is -2.54. The minimum absolute atomic E-state index is 0.0392. The molecule has 2 atom stereocenters. The molecule has 2 aliphatic rings. The molecular weight excluding hydrogens is 522 g/mol. The quantitative estimate of drug-likeness (QED) is 0.406. The Labute approximate surface area is 219 Å². The van der Waals surface area contributed by atoms with Gasteiger partial charge in [-0.1, -0.05) is 47.0 Å². The first-order valence-electron chi connectivity index (χ1n) is 12.8. The Morgan fingerprint density at radius 1 is 1.22 bits per heavy atom. The van der Waals surface area contributed by atoms with E-state index in [9.17, 15) is 14.7 Å². The predicted molar refractivity (Wildman–Crippen MR) is 142 cm³/mol. The number of carbonyl (C=O) groups excluding carboxylic acids is 1. The molecule has 1 N–H and O–H groups in total. The summed E-state index contributed by atoms with van der Waals surface area (Å²) in [4.78, 5) is 27.7. The van der Waals surface area contributed by atoms with E-state index in [-0.39, 0.29) is 18.2 Å². The Bertz CT molecular complexity index is 1330. The SMILES string of the molecule is Cc1c(CCC(=O)N2CC[C@@]3(O)CCCC[C@@H]3C2)c(=O)oc2cc(OCc3ccccc3Br)ccc12. The van der Waals surface area contributed by atoms with Crippen molar-refractivity contribution in [3.05, 3.63) is 74.0 Å². The second-order valence-corrected chi connectivity index (χ2v) is 11.0. The molecule has 190 valence electrons. The molecule has 1 saturated carbocycles. The molecule has 0 bridgehead atoms. The molecule has 0 radical (unpaired) electrons. The number of hydrogen-bond acceptors (Lipinski definition) is 5. The highest BCUT2D eigenvalue weighted by atomic mass is 79.9. The third kappa shape index (κ3) is 5.09. The van der Waals surface area contributed by atoms with Crippen LogP contribution in [0.1, 0.15) is 55.2 Å². The monoisotopic (exact) mass is 553 g/mol. The molecule has 1 amide bonds. The van der Waals surface area contributed by atoms with Crippen LogP contribution in [0.5, 0.6) is 5.75 Å². The van der Waals surface area contributed by atoms with Gasteiger partial charge in [-0.2, -0.15) is 0 Å². The first-order valence-corrected chi connectivity index (χ1v) is 13.6. The summed E-state index contributed by atoms with van der Waals surface area (Å²) < 4.78 is 12.5. The molecule has 1 saturated heterocycles. The van der Waals surface area contributed by atoms with Crippen LogP contribution >= 0.6 is 15.9 Å². The van der Waals surface area contributed by atoms with Crippen LogP contribution in [-0.2, 0) is 17.8 Å². The average molecular weight is 554 g/mol. The second-order valence-electron chi connectivity index (χ2n) is 10.2. The summed E-state index contributed by atoms with van der Waals surface area (Å²) in [6.07, 6.45) is 5.24. The number of carbonyl (C=O) groups is 1. The molecule has 6 nitrogen and oxygen atoms in total. The molecule has 1 aliphatic heterocycles. The zero-order valence-electron chi connectivity index (χ0n) is 20.6. The van der Waals surface area contributed by atoms with Crippen molar-refractivity contribution in [2.75, 3.05) is 13.1 Å². The van der Waals surface area contributed by atoms with Gasteiger partial charge in [-0.3, -0.25) is 4.79 Å². The zero-order chi connectivity index (χ0) is 25.3. The first kappa shape index (κ1) is 25.0. The number of benzene rings is 2. The molecule has 2 heterocycles. The van der Waals surface area contributed by atoms with E-state index in [0.717, 1.165) is 46.7 Å². The lowest BCUT2D eigenvalue weighted by Gasteiger charge is -2.47. The van der Waals surface area contributed by atoms with Crippen LogP contribution in [0.4, 0.5) is 0 Å². The van der Waals surface area contributed by atoms with Crippen molar-refractivity contribution in [3.8, 4) is 5.75 Å². The van der Waals surface area contributed by atoms with Crippen LogP contribution in [0.15, 0.2) is 56.1 Å². The predicted octanol–water partition coefficient (Wildman–Crippen LogP) is 5.53. The Kier molecular flexibility index (Phi) is 7.22. The van der Waals surface area contributed by atoms with Crippen molar-refractivity contribution in [1.82, 2.24) is 4.90 Å². The number of halogens is 1. The maximum Gasteiger partial charge on any atom is 0.339 e. The van der Waals surface area contributed by atoms with Crippen molar-refractivity contribution in [2.45, 2.75) is 64.1 Å². The van der Waals surface area contributed by atoms with E-state index in [1.54, 1.807) is 6.07 Å². The number of piperidine rings is 1. The van der Waals surface area contributed by atoms with Crippen molar-refractivity contribution in [2.24, 2.45) is 5.92 Å². The summed E-state index contributed by atoms with van der Waals surface area (Å²) in [5, 5.41) is 11.7. The van der Waals surface area contributed by atoms with Gasteiger partial charge in [0.05, 0.1) is 5.60 Å². The van der Waals surface area contributed by atoms with Gasteiger partial charge >= 0.3 is 5.63 Å². The fourth-order valence-electron chi connectivity index (χ4n) is 5.72. The molecule has 7 heteroatoms. The van der Waals surface area contributed by atoms with Crippen molar-refractivity contribution in [3.63, 3.8) is 0 Å². The van der Waals surface area contributed by atoms with Gasteiger partial charge in [0.1, 0.15) is 17.9 Å². The summed E-state index contributed by atoms with van der Waals surface area (Å²) in [7, 11) is 0. The van der Waals surface area contributed by atoms with Gasteiger partial charge in [-0.25, -0.2) is 4.79 Å². The first-order chi connectivity index (χ1) is 17.3. The van der Waals surface area contributed by atoms with Crippen LogP contribution in [-0.4, -0.2) is 34.6 Å². The van der Waals surface area contributed by atoms with E-state index in [1.165, 1.54) is 0 Å². The Morgan fingerprint density at radius 3 is 2.89 bits per heavy atom. The molecule has 2 aromatic carbocycles. The standard InChI is InChI=1S/C29H32BrNO5/c1-19-23-10-9-22(35-18-20-6-2-3-8-25(20)30)16-26(23)36-28(33)24(19)11-12-27(32)31-15-14-29(34)13-5-4-7-21(29)17-31/h2-3,6,8-10,16,21,34H,4-5,7,11-15,17-18H2,1H3/t21-,29+/m1/s1. The number of hydrogen-bond donors (Lipinski definition) is 1. The van der Waals surface area contributed by atoms with Gasteiger partial charge in [0.15, 0.2) is 0 Å². The maximum atomic E-state index is 13.0. The number of aliphatic hydroxyl groups is 1. The number of ether oxygens (including phenoxy) is 1. The van der Waals surface area contributed by atoms with Crippen LogP contribution in [0.25, 0.3) is 11.0 Å². The van der Waals surface area contributed by atoms with Gasteiger partial charge in [-0.05, 0) is 56.4 Å². The van der Waals surface area contributed by atoms with Crippen molar-refractivity contribution >= 4 is 32.8 Å². The molecule has 2 fully saturated rings. The van der Waals surface area contributed by atoms with Gasteiger partial charge in [0, 0.05) is 52.5 Å². The van der Waals surface area contributed by atoms with E-state index in [4.69, 9.17) is 9.15 Å². The van der Waals surface area contributed by atoms with E-state index >= 15 is 0 Å². The van der Waals surface area contributed by atoms with E-state index < -0.39 is 11.2 Å². The van der Waals surface area contributed by atoms with Crippen LogP contribution in [0.2, 0.25) is 0 Å². The van der Waals surface area contributed by atoms with Crippen LogP contribution < -0.4 is 10.4 Å². The summed E-state index contributed by atoms with van der Waals surface area (Å²) in [6.45, 7) is 3.50. The van der Waals surface area contributed by atoms with E-state index in [0.29, 0.717) is 49.4 Å². The van der Waals surface area contributed by atoms with Crippen molar-refractivity contribution < 1.29 is 19.1 Å². The van der Waals surface area contributed by atoms with E-state index in [1.807, 2.05) is 48.2 Å². The lowest BCUT2D eigenvalue weighted by molar-refractivity contribution is -0.143. The smallest absolute Gasteiger partial charge is 0.339 e. The summed E-state index contributed by atoms with van der Waals surface area (Å²) in [6, 6.07) is 13.4. The average Bonchev–Trinajstić information content (AvgIpc) is 2.87. The van der Waals surface area contributed by atoms with Gasteiger partial charge in [-0.15, -0.1) is 0 Å². The lowest BCUT2D eigenvalue weighted by atomic mass is 9.71. The molecule has 1 aromatic heterocycles. The highest BCUT2D eigenvalue weighted by Gasteiger charge is 2.43. The molecule has 3 aromatic rings. The van der Waals surface area contributed by atoms with Gasteiger partial charge in [0.25, 0.3) is 0 Å². The number of fused-ring (bicyclic) bond motifs is 2. The summed E-state index contributed by atoms with van der Waals surface area (Å²) in [5.74, 6) is 0.824. The van der Waals surface area contributed by atoms with Crippen LogP contribution in [0.3, 0.4) is 0 Å². The molecule has 0 unspecified atom stereocenters. The number of rotatable bonds is 6. The van der Waals surface area contributed by atoms with E-state index in [2.05, 4.69) is 15.9 Å². The number of nitrogens with zero attached hydrogens (tertiary/aromatic N) is 1. The number of amides is 1. The Morgan fingerprint density at radius 2 is 2.06 bits per heavy atom. The maximum absolute atomic E-state index is 13.0. The molecule has 0 spiro atoms. The Balaban J connectivity index is 1.26. The summed E-state index contributed by atoms with van der Waals surface area (Å²) in [5.41, 5.74) is 1.87. The van der Waals surface area contributed by atoms with Crippen molar-refractivity contribution in [1.29, 1.82) is 0 Å². The largest absolute Gasteiger partial charge is 0.489 e. The number of aryl methyl sites for hydroxylation is 1.